The van der Waals surface area contributed by atoms with E-state index in [2.05, 4.69) is 12.2 Å². The van der Waals surface area contributed by atoms with Gasteiger partial charge in [-0.3, -0.25) is 4.79 Å². The van der Waals surface area contributed by atoms with Gasteiger partial charge in [0.1, 0.15) is 0 Å². The first kappa shape index (κ1) is 15.5. The van der Waals surface area contributed by atoms with Crippen molar-refractivity contribution in [1.29, 1.82) is 5.26 Å². The number of nitriles is 1. The van der Waals surface area contributed by atoms with Gasteiger partial charge in [0.15, 0.2) is 0 Å². The Morgan fingerprint density at radius 2 is 2.16 bits per heavy atom. The van der Waals surface area contributed by atoms with Crippen molar-refractivity contribution in [2.24, 2.45) is 11.7 Å². The Kier molecular flexibility index (Phi) is 7.01. The summed E-state index contributed by atoms with van der Waals surface area (Å²) >= 11 is 1.75. The molecule has 0 aliphatic carbocycles. The summed E-state index contributed by atoms with van der Waals surface area (Å²) in [4.78, 5) is 11.7. The minimum atomic E-state index is -0.00221. The molecule has 19 heavy (non-hydrogen) atoms. The number of nitrogens with zero attached hydrogens (tertiary/aromatic N) is 1. The Morgan fingerprint density at radius 1 is 1.47 bits per heavy atom. The first-order chi connectivity index (χ1) is 9.15. The molecular weight excluding hydrogens is 258 g/mol. The molecule has 1 atom stereocenters. The summed E-state index contributed by atoms with van der Waals surface area (Å²) in [6, 6.07) is 8.89. The Morgan fingerprint density at radius 3 is 2.74 bits per heavy atom. The molecule has 0 aliphatic rings. The van der Waals surface area contributed by atoms with E-state index in [-0.39, 0.29) is 5.91 Å². The monoisotopic (exact) mass is 277 g/mol. The normalized spacial score (nSPS) is 11.6. The van der Waals surface area contributed by atoms with E-state index in [0.717, 1.165) is 17.2 Å². The van der Waals surface area contributed by atoms with Gasteiger partial charge in [-0.05, 0) is 42.5 Å². The van der Waals surface area contributed by atoms with Crippen molar-refractivity contribution in [2.75, 3.05) is 23.4 Å². The van der Waals surface area contributed by atoms with Crippen LogP contribution in [0.25, 0.3) is 0 Å². The molecule has 5 heteroatoms. The van der Waals surface area contributed by atoms with Crippen LogP contribution in [0, 0.1) is 17.2 Å². The highest BCUT2D eigenvalue weighted by atomic mass is 32.2. The van der Waals surface area contributed by atoms with Gasteiger partial charge in [0.2, 0.25) is 5.91 Å². The lowest BCUT2D eigenvalue weighted by Crippen LogP contribution is -2.15. The Balaban J connectivity index is 2.25. The van der Waals surface area contributed by atoms with E-state index in [1.165, 1.54) is 0 Å². The van der Waals surface area contributed by atoms with E-state index in [9.17, 15) is 4.79 Å². The summed E-state index contributed by atoms with van der Waals surface area (Å²) < 4.78 is 0. The van der Waals surface area contributed by atoms with Crippen molar-refractivity contribution < 1.29 is 4.79 Å². The Hall–Kier alpha value is -1.51. The number of hydrogen-bond donors (Lipinski definition) is 2. The maximum Gasteiger partial charge on any atom is 0.225 e. The molecule has 1 aromatic rings. The van der Waals surface area contributed by atoms with Crippen LogP contribution in [-0.4, -0.2) is 24.0 Å². The molecule has 1 rings (SSSR count). The summed E-state index contributed by atoms with van der Waals surface area (Å²) in [7, 11) is 0. The lowest BCUT2D eigenvalue weighted by atomic mass is 10.2. The quantitative estimate of drug-likeness (QED) is 0.749. The van der Waals surface area contributed by atoms with Crippen molar-refractivity contribution in [2.45, 2.75) is 13.3 Å². The largest absolute Gasteiger partial charge is 0.330 e. The van der Waals surface area contributed by atoms with Crippen LogP contribution in [0.15, 0.2) is 24.3 Å². The van der Waals surface area contributed by atoms with Crippen LogP contribution in [0.2, 0.25) is 0 Å². The average molecular weight is 277 g/mol. The van der Waals surface area contributed by atoms with Crippen molar-refractivity contribution in [3.05, 3.63) is 29.8 Å². The molecule has 0 fully saturated rings. The second kappa shape index (κ2) is 8.57. The molecule has 0 spiro atoms. The lowest BCUT2D eigenvalue weighted by Gasteiger charge is -2.08. The van der Waals surface area contributed by atoms with Gasteiger partial charge in [0, 0.05) is 17.9 Å². The SMILES string of the molecule is CC(CN)CSCCC(=O)Nc1ccc(C#N)cc1. The predicted octanol–water partition coefficient (Wildman–Crippen LogP) is 2.21. The van der Waals surface area contributed by atoms with Crippen LogP contribution in [0.5, 0.6) is 0 Å². The van der Waals surface area contributed by atoms with Crippen LogP contribution in [0.3, 0.4) is 0 Å². The van der Waals surface area contributed by atoms with Gasteiger partial charge in [0.25, 0.3) is 0 Å². The third kappa shape index (κ3) is 6.27. The van der Waals surface area contributed by atoms with Crippen LogP contribution in [-0.2, 0) is 4.79 Å². The van der Waals surface area contributed by atoms with Crippen molar-refractivity contribution in [3.8, 4) is 6.07 Å². The fourth-order valence-electron chi connectivity index (χ4n) is 1.37. The molecular formula is C14H19N3OS. The average Bonchev–Trinajstić information content (AvgIpc) is 2.44. The fraction of sp³-hybridized carbons (Fsp3) is 0.429. The number of benzene rings is 1. The van der Waals surface area contributed by atoms with Gasteiger partial charge in [-0.1, -0.05) is 6.92 Å². The minimum absolute atomic E-state index is 0.00221. The fourth-order valence-corrected chi connectivity index (χ4v) is 2.40. The minimum Gasteiger partial charge on any atom is -0.330 e. The van der Waals surface area contributed by atoms with E-state index >= 15 is 0 Å². The lowest BCUT2D eigenvalue weighted by molar-refractivity contribution is -0.115. The summed E-state index contributed by atoms with van der Waals surface area (Å²) in [5.74, 6) is 2.27. The number of anilines is 1. The molecule has 102 valence electrons. The maximum atomic E-state index is 11.7. The number of nitrogens with one attached hydrogen (secondary N) is 1. The first-order valence-corrected chi connectivity index (χ1v) is 7.39. The highest BCUT2D eigenvalue weighted by Crippen LogP contribution is 2.11. The summed E-state index contributed by atoms with van der Waals surface area (Å²) in [5.41, 5.74) is 6.84. The zero-order chi connectivity index (χ0) is 14.1. The summed E-state index contributed by atoms with van der Waals surface area (Å²) in [6.45, 7) is 2.79. The van der Waals surface area contributed by atoms with Crippen molar-refractivity contribution in [3.63, 3.8) is 0 Å². The third-order valence-corrected chi connectivity index (χ3v) is 3.87. The van der Waals surface area contributed by atoms with Crippen LogP contribution < -0.4 is 11.1 Å². The summed E-state index contributed by atoms with van der Waals surface area (Å²) in [5, 5.41) is 11.5. The number of thioether (sulfide) groups is 1. The molecule has 0 saturated carbocycles. The zero-order valence-electron chi connectivity index (χ0n) is 11.1. The molecule has 0 heterocycles. The smallest absolute Gasteiger partial charge is 0.225 e. The van der Waals surface area contributed by atoms with E-state index < -0.39 is 0 Å². The molecule has 4 nitrogen and oxygen atoms in total. The van der Waals surface area contributed by atoms with Gasteiger partial charge in [0.05, 0.1) is 11.6 Å². The van der Waals surface area contributed by atoms with E-state index in [4.69, 9.17) is 11.0 Å². The Labute approximate surface area is 118 Å². The van der Waals surface area contributed by atoms with Gasteiger partial charge in [-0.2, -0.15) is 17.0 Å². The number of carbonyl (C=O) groups excluding carboxylic acids is 1. The topological polar surface area (TPSA) is 78.9 Å². The molecule has 0 aromatic heterocycles. The highest BCUT2D eigenvalue weighted by molar-refractivity contribution is 7.99. The highest BCUT2D eigenvalue weighted by Gasteiger charge is 2.04. The van der Waals surface area contributed by atoms with E-state index in [1.807, 2.05) is 6.07 Å². The van der Waals surface area contributed by atoms with E-state index in [0.29, 0.717) is 24.4 Å². The van der Waals surface area contributed by atoms with Crippen molar-refractivity contribution in [1.82, 2.24) is 0 Å². The number of nitrogens with two attached hydrogens (primary N) is 1. The molecule has 0 aliphatic heterocycles. The first-order valence-electron chi connectivity index (χ1n) is 6.23. The van der Waals surface area contributed by atoms with Crippen molar-refractivity contribution >= 4 is 23.4 Å². The molecule has 1 aromatic carbocycles. The molecule has 0 radical (unpaired) electrons. The number of hydrogen-bond acceptors (Lipinski definition) is 4. The van der Waals surface area contributed by atoms with Gasteiger partial charge < -0.3 is 11.1 Å². The third-order valence-electron chi connectivity index (χ3n) is 2.58. The van der Waals surface area contributed by atoms with E-state index in [1.54, 1.807) is 36.0 Å². The van der Waals surface area contributed by atoms with Gasteiger partial charge in [-0.25, -0.2) is 0 Å². The standard InChI is InChI=1S/C14H19N3OS/c1-11(8-15)10-19-7-6-14(18)17-13-4-2-12(9-16)3-5-13/h2-5,11H,6-8,10,15H2,1H3,(H,17,18). The van der Waals surface area contributed by atoms with Gasteiger partial charge in [-0.15, -0.1) is 0 Å². The van der Waals surface area contributed by atoms with Gasteiger partial charge >= 0.3 is 0 Å². The molecule has 1 amide bonds. The second-order valence-corrected chi connectivity index (χ2v) is 5.55. The second-order valence-electron chi connectivity index (χ2n) is 4.40. The number of carbonyl (C=O) groups is 1. The van der Waals surface area contributed by atoms with Crippen LogP contribution in [0.1, 0.15) is 18.9 Å². The molecule has 0 saturated heterocycles. The Bertz CT molecular complexity index is 439. The molecule has 3 N–H and O–H groups in total. The van der Waals surface area contributed by atoms with Crippen LogP contribution >= 0.6 is 11.8 Å². The van der Waals surface area contributed by atoms with Crippen LogP contribution in [0.4, 0.5) is 5.69 Å². The molecule has 1 unspecified atom stereocenters. The predicted molar refractivity (Wildman–Crippen MR) is 79.9 cm³/mol. The summed E-state index contributed by atoms with van der Waals surface area (Å²) in [6.07, 6.45) is 0.488. The molecule has 0 bridgehead atoms. The zero-order valence-corrected chi connectivity index (χ0v) is 11.9. The number of amides is 1. The maximum absolute atomic E-state index is 11.7. The number of rotatable bonds is 7.